The van der Waals surface area contributed by atoms with Crippen molar-refractivity contribution in [2.24, 2.45) is 0 Å². The Balaban J connectivity index is 1.23. The lowest BCUT2D eigenvalue weighted by atomic mass is 10.0. The van der Waals surface area contributed by atoms with Gasteiger partial charge in [-0.1, -0.05) is 12.1 Å². The number of benzene rings is 1. The molecule has 0 aliphatic carbocycles. The van der Waals surface area contributed by atoms with Gasteiger partial charge in [-0.25, -0.2) is 14.4 Å². The quantitative estimate of drug-likeness (QED) is 0.617. The van der Waals surface area contributed by atoms with Gasteiger partial charge in [-0.05, 0) is 50.2 Å². The van der Waals surface area contributed by atoms with Gasteiger partial charge in [0.25, 0.3) is 11.5 Å². The van der Waals surface area contributed by atoms with Crippen LogP contribution in [0.5, 0.6) is 0 Å². The van der Waals surface area contributed by atoms with Crippen LogP contribution in [0.25, 0.3) is 10.8 Å². The fraction of sp³-hybridized carbons (Fsp3) is 0.440. The number of pyridine rings is 1. The molecule has 1 unspecified atom stereocenters. The van der Waals surface area contributed by atoms with Gasteiger partial charge in [0, 0.05) is 44.3 Å². The number of aromatic nitrogens is 3. The molecule has 2 N–H and O–H groups in total. The van der Waals surface area contributed by atoms with E-state index in [4.69, 9.17) is 0 Å². The van der Waals surface area contributed by atoms with Gasteiger partial charge in [0.1, 0.15) is 5.82 Å². The van der Waals surface area contributed by atoms with Crippen molar-refractivity contribution in [3.05, 3.63) is 63.8 Å². The first-order chi connectivity index (χ1) is 16.4. The molecule has 1 amide bonds. The molecule has 3 aromatic rings. The molecule has 2 aromatic heterocycles. The Morgan fingerprint density at radius 3 is 2.74 bits per heavy atom. The van der Waals surface area contributed by atoms with Gasteiger partial charge >= 0.3 is 0 Å². The van der Waals surface area contributed by atoms with Gasteiger partial charge in [-0.2, -0.15) is 0 Å². The minimum atomic E-state index is -0.478. The number of nitrogens with one attached hydrogen (secondary N) is 2. The number of aryl methyl sites for hydroxylation is 1. The van der Waals surface area contributed by atoms with Crippen molar-refractivity contribution < 1.29 is 9.18 Å². The van der Waals surface area contributed by atoms with Crippen LogP contribution in [0, 0.1) is 12.7 Å². The number of hydrogen-bond acceptors (Lipinski definition) is 6. The van der Waals surface area contributed by atoms with Gasteiger partial charge in [-0.3, -0.25) is 14.5 Å². The monoisotopic (exact) mass is 464 g/mol. The maximum absolute atomic E-state index is 14.1. The first kappa shape index (κ1) is 22.5. The lowest BCUT2D eigenvalue weighted by Crippen LogP contribution is -2.44. The molecule has 8 nitrogen and oxygen atoms in total. The van der Waals surface area contributed by atoms with Crippen molar-refractivity contribution >= 4 is 22.4 Å². The maximum atomic E-state index is 14.1. The van der Waals surface area contributed by atoms with E-state index in [0.717, 1.165) is 62.5 Å². The third-order valence-electron chi connectivity index (χ3n) is 7.21. The van der Waals surface area contributed by atoms with E-state index in [-0.39, 0.29) is 28.6 Å². The van der Waals surface area contributed by atoms with Gasteiger partial charge < -0.3 is 15.2 Å². The number of H-pyrrole nitrogens is 1. The number of hydrogen-bond donors (Lipinski definition) is 2. The number of rotatable bonds is 4. The zero-order chi connectivity index (χ0) is 23.8. The molecule has 2 aliphatic heterocycles. The smallest absolute Gasteiger partial charge is 0.288 e. The average molecular weight is 465 g/mol. The van der Waals surface area contributed by atoms with Crippen LogP contribution in [0.2, 0.25) is 0 Å². The van der Waals surface area contributed by atoms with Crippen LogP contribution in [-0.4, -0.2) is 65.0 Å². The molecule has 5 rings (SSSR count). The van der Waals surface area contributed by atoms with Crippen molar-refractivity contribution in [3.63, 3.8) is 0 Å². The molecule has 0 bridgehead atoms. The Bertz CT molecular complexity index is 1280. The summed E-state index contributed by atoms with van der Waals surface area (Å²) in [6.07, 6.45) is 4.79. The molecule has 1 aromatic carbocycles. The molecule has 0 saturated carbocycles. The molecule has 178 valence electrons. The molecule has 1 atom stereocenters. The van der Waals surface area contributed by atoms with Crippen molar-refractivity contribution in [2.75, 3.05) is 38.1 Å². The Labute approximate surface area is 197 Å². The molecule has 2 saturated heterocycles. The van der Waals surface area contributed by atoms with Crippen molar-refractivity contribution in [2.45, 2.75) is 38.1 Å². The summed E-state index contributed by atoms with van der Waals surface area (Å²) in [5, 5.41) is 3.35. The largest absolute Gasteiger partial charge is 0.369 e. The number of likely N-dealkylation sites (tertiary alicyclic amines) is 1. The number of halogens is 1. The van der Waals surface area contributed by atoms with E-state index in [1.807, 2.05) is 13.0 Å². The zero-order valence-electron chi connectivity index (χ0n) is 19.5. The SMILES string of the molecule is CNC(=O)c1ncc(N2CCC(N3CCC(c4cc5cccc(F)c5c(=O)[nH]4)C3)CC2)c(C)n1. The molecule has 0 spiro atoms. The van der Waals surface area contributed by atoms with E-state index in [1.165, 1.54) is 6.07 Å². The van der Waals surface area contributed by atoms with Crippen LogP contribution in [0.4, 0.5) is 10.1 Å². The van der Waals surface area contributed by atoms with Crippen LogP contribution >= 0.6 is 0 Å². The van der Waals surface area contributed by atoms with E-state index in [0.29, 0.717) is 11.4 Å². The summed E-state index contributed by atoms with van der Waals surface area (Å²) in [4.78, 5) is 40.6. The van der Waals surface area contributed by atoms with E-state index >= 15 is 0 Å². The lowest BCUT2D eigenvalue weighted by Gasteiger charge is -2.38. The summed E-state index contributed by atoms with van der Waals surface area (Å²) in [5.41, 5.74) is 2.33. The number of carbonyl (C=O) groups excluding carboxylic acids is 1. The highest BCUT2D eigenvalue weighted by Crippen LogP contribution is 2.32. The highest BCUT2D eigenvalue weighted by Gasteiger charge is 2.32. The zero-order valence-corrected chi connectivity index (χ0v) is 19.5. The van der Waals surface area contributed by atoms with Crippen molar-refractivity contribution in [3.8, 4) is 0 Å². The standard InChI is InChI=1S/C25H29FN6O2/c1-15-21(13-28-23(29-15)25(34)27-2)31-10-7-18(8-11-31)32-9-6-17(14-32)20-12-16-4-3-5-19(26)22(16)24(33)30-20/h3-5,12-13,17-18H,6-11,14H2,1-2H3,(H,27,34)(H,30,33). The third kappa shape index (κ3) is 4.16. The highest BCUT2D eigenvalue weighted by atomic mass is 19.1. The topological polar surface area (TPSA) is 94.2 Å². The molecule has 2 fully saturated rings. The summed E-state index contributed by atoms with van der Waals surface area (Å²) in [7, 11) is 1.57. The Kier molecular flexibility index (Phi) is 6.03. The fourth-order valence-corrected chi connectivity index (χ4v) is 5.35. The molecule has 9 heteroatoms. The Hall–Kier alpha value is -3.33. The summed E-state index contributed by atoms with van der Waals surface area (Å²) >= 11 is 0. The number of aromatic amines is 1. The number of nitrogens with zero attached hydrogens (tertiary/aromatic N) is 4. The van der Waals surface area contributed by atoms with E-state index in [9.17, 15) is 14.0 Å². The van der Waals surface area contributed by atoms with Gasteiger partial charge in [0.15, 0.2) is 0 Å². The fourth-order valence-electron chi connectivity index (χ4n) is 5.35. The summed E-state index contributed by atoms with van der Waals surface area (Å²) in [6.45, 7) is 5.60. The van der Waals surface area contributed by atoms with Crippen LogP contribution in [0.3, 0.4) is 0 Å². The van der Waals surface area contributed by atoms with Crippen LogP contribution in [0.15, 0.2) is 35.3 Å². The Morgan fingerprint density at radius 2 is 2.00 bits per heavy atom. The first-order valence-electron chi connectivity index (χ1n) is 11.8. The number of amides is 1. The van der Waals surface area contributed by atoms with E-state index in [1.54, 1.807) is 25.4 Å². The van der Waals surface area contributed by atoms with Crippen LogP contribution in [-0.2, 0) is 0 Å². The average Bonchev–Trinajstić information content (AvgIpc) is 3.34. The first-order valence-corrected chi connectivity index (χ1v) is 11.8. The van der Waals surface area contributed by atoms with Crippen LogP contribution in [0.1, 0.15) is 47.2 Å². The predicted octanol–water partition coefficient (Wildman–Crippen LogP) is 2.58. The second-order valence-electron chi connectivity index (χ2n) is 9.20. The minimum Gasteiger partial charge on any atom is -0.369 e. The minimum absolute atomic E-state index is 0.135. The maximum Gasteiger partial charge on any atom is 0.288 e. The summed E-state index contributed by atoms with van der Waals surface area (Å²) in [5.74, 6) is -0.327. The third-order valence-corrected chi connectivity index (χ3v) is 7.21. The number of anilines is 1. The molecule has 2 aliphatic rings. The molecular weight excluding hydrogens is 435 g/mol. The molecule has 4 heterocycles. The highest BCUT2D eigenvalue weighted by molar-refractivity contribution is 5.90. The van der Waals surface area contributed by atoms with E-state index < -0.39 is 5.82 Å². The van der Waals surface area contributed by atoms with Crippen LogP contribution < -0.4 is 15.8 Å². The van der Waals surface area contributed by atoms with Crippen molar-refractivity contribution in [1.82, 2.24) is 25.2 Å². The summed E-state index contributed by atoms with van der Waals surface area (Å²) in [6, 6.07) is 7.19. The second kappa shape index (κ2) is 9.13. The molecule has 34 heavy (non-hydrogen) atoms. The Morgan fingerprint density at radius 1 is 1.21 bits per heavy atom. The van der Waals surface area contributed by atoms with Gasteiger partial charge in [0.2, 0.25) is 5.82 Å². The normalized spacial score (nSPS) is 19.6. The predicted molar refractivity (Wildman–Crippen MR) is 129 cm³/mol. The number of carbonyl (C=O) groups is 1. The number of fused-ring (bicyclic) bond motifs is 1. The van der Waals surface area contributed by atoms with Gasteiger partial charge in [0.05, 0.1) is 23.0 Å². The van der Waals surface area contributed by atoms with E-state index in [2.05, 4.69) is 30.1 Å². The molecular formula is C25H29FN6O2. The second-order valence-corrected chi connectivity index (χ2v) is 9.20. The lowest BCUT2D eigenvalue weighted by molar-refractivity contribution is 0.0952. The summed E-state index contributed by atoms with van der Waals surface area (Å²) < 4.78 is 14.1. The number of piperidine rings is 1. The van der Waals surface area contributed by atoms with Gasteiger partial charge in [-0.15, -0.1) is 0 Å². The molecule has 0 radical (unpaired) electrons. The van der Waals surface area contributed by atoms with Crippen molar-refractivity contribution in [1.29, 1.82) is 0 Å².